The van der Waals surface area contributed by atoms with Gasteiger partial charge in [-0.3, -0.25) is 4.79 Å². The van der Waals surface area contributed by atoms with Gasteiger partial charge in [-0.2, -0.15) is 13.2 Å². The van der Waals surface area contributed by atoms with Crippen molar-refractivity contribution < 1.29 is 18.0 Å². The van der Waals surface area contributed by atoms with Crippen LogP contribution < -0.4 is 15.5 Å². The van der Waals surface area contributed by atoms with Crippen molar-refractivity contribution in [3.63, 3.8) is 0 Å². The van der Waals surface area contributed by atoms with Crippen molar-refractivity contribution in [1.82, 2.24) is 15.2 Å². The van der Waals surface area contributed by atoms with Gasteiger partial charge in [0.15, 0.2) is 5.11 Å². The molecule has 1 aromatic heterocycles. The van der Waals surface area contributed by atoms with Crippen LogP contribution in [0.5, 0.6) is 0 Å². The Kier molecular flexibility index (Phi) is 8.33. The van der Waals surface area contributed by atoms with Crippen molar-refractivity contribution in [2.24, 2.45) is 0 Å². The molecule has 0 spiro atoms. The molecule has 0 saturated carbocycles. The van der Waals surface area contributed by atoms with Crippen LogP contribution in [0.15, 0.2) is 53.9 Å². The third-order valence-electron chi connectivity index (χ3n) is 6.28. The van der Waals surface area contributed by atoms with Gasteiger partial charge in [0.1, 0.15) is 5.69 Å². The van der Waals surface area contributed by atoms with E-state index in [4.69, 9.17) is 12.2 Å². The molecular formula is C26H28F3N5OS2. The number of carbonyl (C=O) groups excluding carboxylic acids is 1. The maximum absolute atomic E-state index is 13.2. The lowest BCUT2D eigenvalue weighted by atomic mass is 9.98. The Labute approximate surface area is 223 Å². The molecule has 0 atom stereocenters. The first kappa shape index (κ1) is 26.9. The van der Waals surface area contributed by atoms with Gasteiger partial charge in [-0.1, -0.05) is 18.2 Å². The SMILES string of the molecule is CN(C)c1ccc(NC(=S)N2CCC(c3nc(C(=O)NCc4ccccc4C(F)(F)F)cs3)CC2)cc1. The number of nitrogens with one attached hydrogen (secondary N) is 2. The van der Waals surface area contributed by atoms with Crippen molar-refractivity contribution in [3.8, 4) is 0 Å². The molecule has 4 rings (SSSR count). The molecule has 37 heavy (non-hydrogen) atoms. The minimum atomic E-state index is -4.47. The van der Waals surface area contributed by atoms with Gasteiger partial charge in [0.25, 0.3) is 5.91 Å². The fourth-order valence-corrected chi connectivity index (χ4v) is 5.44. The molecule has 0 unspecified atom stereocenters. The van der Waals surface area contributed by atoms with Crippen molar-refractivity contribution in [1.29, 1.82) is 0 Å². The van der Waals surface area contributed by atoms with E-state index in [1.165, 1.54) is 29.5 Å². The molecule has 2 aromatic carbocycles. The number of anilines is 2. The van der Waals surface area contributed by atoms with Gasteiger partial charge in [0.2, 0.25) is 0 Å². The number of likely N-dealkylation sites (tertiary alicyclic amines) is 1. The number of thiazole rings is 1. The average Bonchev–Trinajstić information content (AvgIpc) is 3.38. The number of alkyl halides is 3. The summed E-state index contributed by atoms with van der Waals surface area (Å²) in [6.07, 6.45) is -2.79. The second-order valence-corrected chi connectivity index (χ2v) is 10.3. The first-order valence-electron chi connectivity index (χ1n) is 11.8. The molecule has 1 aliphatic heterocycles. The summed E-state index contributed by atoms with van der Waals surface area (Å²) in [5, 5.41) is 9.06. The number of carbonyl (C=O) groups is 1. The average molecular weight is 548 g/mol. The predicted octanol–water partition coefficient (Wildman–Crippen LogP) is 5.73. The summed E-state index contributed by atoms with van der Waals surface area (Å²) in [4.78, 5) is 21.2. The summed E-state index contributed by atoms with van der Waals surface area (Å²) in [5.41, 5.74) is 1.54. The van der Waals surface area contributed by atoms with Crippen LogP contribution in [0.1, 0.15) is 45.4 Å². The number of hydrogen-bond acceptors (Lipinski definition) is 5. The third-order valence-corrected chi connectivity index (χ3v) is 7.65. The highest BCUT2D eigenvalue weighted by Crippen LogP contribution is 2.32. The van der Waals surface area contributed by atoms with Crippen molar-refractivity contribution in [3.05, 3.63) is 75.7 Å². The minimum absolute atomic E-state index is 0.0180. The number of halogens is 3. The molecule has 11 heteroatoms. The van der Waals surface area contributed by atoms with Gasteiger partial charge in [-0.05, 0) is 61.0 Å². The maximum Gasteiger partial charge on any atom is 0.416 e. The topological polar surface area (TPSA) is 60.5 Å². The van der Waals surface area contributed by atoms with Crippen LogP contribution in [-0.2, 0) is 12.7 Å². The van der Waals surface area contributed by atoms with Crippen LogP contribution in [0.3, 0.4) is 0 Å². The number of hydrogen-bond donors (Lipinski definition) is 2. The Morgan fingerprint density at radius 3 is 2.46 bits per heavy atom. The molecule has 3 aromatic rings. The van der Waals surface area contributed by atoms with Gasteiger partial charge in [0.05, 0.1) is 10.6 Å². The number of aromatic nitrogens is 1. The van der Waals surface area contributed by atoms with Crippen LogP contribution in [0.2, 0.25) is 0 Å². The number of thiocarbonyl (C=S) groups is 1. The van der Waals surface area contributed by atoms with Gasteiger partial charge in [-0.25, -0.2) is 4.98 Å². The summed E-state index contributed by atoms with van der Waals surface area (Å²) in [7, 11) is 3.99. The number of piperidine rings is 1. The van der Waals surface area contributed by atoms with E-state index in [9.17, 15) is 18.0 Å². The summed E-state index contributed by atoms with van der Waals surface area (Å²) < 4.78 is 39.6. The zero-order valence-electron chi connectivity index (χ0n) is 20.5. The Hall–Kier alpha value is -3.18. The van der Waals surface area contributed by atoms with Crippen molar-refractivity contribution >= 4 is 45.9 Å². The molecule has 0 aliphatic carbocycles. The zero-order chi connectivity index (χ0) is 26.6. The van der Waals surface area contributed by atoms with E-state index in [2.05, 4.69) is 20.5 Å². The third kappa shape index (κ3) is 6.78. The Morgan fingerprint density at radius 2 is 1.81 bits per heavy atom. The predicted molar refractivity (Wildman–Crippen MR) is 145 cm³/mol. The number of nitrogens with zero attached hydrogens (tertiary/aromatic N) is 3. The molecular weight excluding hydrogens is 519 g/mol. The van der Waals surface area contributed by atoms with Gasteiger partial charge in [0, 0.05) is 56.4 Å². The molecule has 1 aliphatic rings. The summed E-state index contributed by atoms with van der Waals surface area (Å²) in [5.74, 6) is -0.279. The van der Waals surface area contributed by atoms with E-state index in [0.29, 0.717) is 5.11 Å². The maximum atomic E-state index is 13.2. The number of rotatable bonds is 6. The highest BCUT2D eigenvalue weighted by atomic mass is 32.1. The smallest absolute Gasteiger partial charge is 0.378 e. The van der Waals surface area contributed by atoms with Crippen LogP contribution in [-0.4, -0.2) is 48.1 Å². The first-order valence-corrected chi connectivity index (χ1v) is 13.1. The fraction of sp³-hybridized carbons (Fsp3) is 0.346. The largest absolute Gasteiger partial charge is 0.416 e. The van der Waals surface area contributed by atoms with E-state index in [1.807, 2.05) is 43.3 Å². The van der Waals surface area contributed by atoms with Crippen LogP contribution in [0.4, 0.5) is 24.5 Å². The number of benzene rings is 2. The zero-order valence-corrected chi connectivity index (χ0v) is 22.1. The normalized spacial score (nSPS) is 14.4. The Morgan fingerprint density at radius 1 is 1.14 bits per heavy atom. The van der Waals surface area contributed by atoms with E-state index in [0.717, 1.165) is 48.4 Å². The van der Waals surface area contributed by atoms with Gasteiger partial charge < -0.3 is 20.4 Å². The summed E-state index contributed by atoms with van der Waals surface area (Å²) in [6.45, 7) is 1.31. The fourth-order valence-electron chi connectivity index (χ4n) is 4.17. The molecule has 0 bridgehead atoms. The van der Waals surface area contributed by atoms with E-state index >= 15 is 0 Å². The lowest BCUT2D eigenvalue weighted by Crippen LogP contribution is -2.40. The quantitative estimate of drug-likeness (QED) is 0.384. The van der Waals surface area contributed by atoms with Crippen LogP contribution in [0.25, 0.3) is 0 Å². The Balaban J connectivity index is 1.28. The molecule has 2 N–H and O–H groups in total. The van der Waals surface area contributed by atoms with E-state index in [1.54, 1.807) is 5.38 Å². The molecule has 0 radical (unpaired) electrons. The lowest BCUT2D eigenvalue weighted by Gasteiger charge is -2.33. The van der Waals surface area contributed by atoms with Crippen LogP contribution in [0, 0.1) is 0 Å². The second kappa shape index (κ2) is 11.5. The molecule has 6 nitrogen and oxygen atoms in total. The second-order valence-electron chi connectivity index (χ2n) is 9.04. The summed E-state index contributed by atoms with van der Waals surface area (Å²) in [6, 6.07) is 13.3. The molecule has 1 saturated heterocycles. The highest BCUT2D eigenvalue weighted by molar-refractivity contribution is 7.80. The highest BCUT2D eigenvalue weighted by Gasteiger charge is 2.33. The molecule has 196 valence electrons. The van der Waals surface area contributed by atoms with E-state index in [-0.39, 0.29) is 23.7 Å². The Bertz CT molecular complexity index is 1240. The van der Waals surface area contributed by atoms with Crippen molar-refractivity contribution in [2.45, 2.75) is 31.5 Å². The molecule has 1 fully saturated rings. The first-order chi connectivity index (χ1) is 17.6. The van der Waals surface area contributed by atoms with Gasteiger partial charge >= 0.3 is 6.18 Å². The molecule has 2 heterocycles. The standard InChI is InChI=1S/C26H28F3N5OS2/c1-33(2)20-9-7-19(8-10-20)31-25(36)34-13-11-17(12-14-34)24-32-22(16-37-24)23(35)30-15-18-5-3-4-6-21(18)26(27,28)29/h3-10,16-17H,11-15H2,1-2H3,(H,30,35)(H,31,36). The van der Waals surface area contributed by atoms with Crippen molar-refractivity contribution in [2.75, 3.05) is 37.4 Å². The summed E-state index contributed by atoms with van der Waals surface area (Å²) >= 11 is 7.01. The molecule has 1 amide bonds. The van der Waals surface area contributed by atoms with Crippen LogP contribution >= 0.6 is 23.6 Å². The lowest BCUT2D eigenvalue weighted by molar-refractivity contribution is -0.138. The van der Waals surface area contributed by atoms with Gasteiger partial charge in [-0.15, -0.1) is 11.3 Å². The van der Waals surface area contributed by atoms with E-state index < -0.39 is 17.6 Å². The monoisotopic (exact) mass is 547 g/mol. The number of amides is 1. The minimum Gasteiger partial charge on any atom is -0.378 e.